The van der Waals surface area contributed by atoms with Crippen molar-refractivity contribution in [3.05, 3.63) is 60.2 Å². The van der Waals surface area contributed by atoms with Crippen LogP contribution in [0, 0.1) is 5.92 Å². The van der Waals surface area contributed by atoms with Crippen molar-refractivity contribution in [1.29, 1.82) is 0 Å². The summed E-state index contributed by atoms with van der Waals surface area (Å²) in [5, 5.41) is 13.8. The minimum Gasteiger partial charge on any atom is -0.508 e. The van der Waals surface area contributed by atoms with E-state index in [-0.39, 0.29) is 5.41 Å². The Labute approximate surface area is 150 Å². The van der Waals surface area contributed by atoms with Crippen LogP contribution in [-0.2, 0) is 5.41 Å². The molecule has 4 rings (SSSR count). The monoisotopic (exact) mass is 336 g/mol. The van der Waals surface area contributed by atoms with Gasteiger partial charge in [0.15, 0.2) is 0 Å². The maximum Gasteiger partial charge on any atom is 0.115 e. The maximum absolute atomic E-state index is 10.1. The Morgan fingerprint density at radius 3 is 2.72 bits per heavy atom. The molecule has 132 valence electrons. The Kier molecular flexibility index (Phi) is 4.43. The van der Waals surface area contributed by atoms with E-state index in [0.29, 0.717) is 17.7 Å². The van der Waals surface area contributed by atoms with E-state index in [1.165, 1.54) is 30.5 Å². The number of hydrogen-bond acceptors (Lipinski definition) is 3. The number of benzene rings is 2. The first-order valence-electron chi connectivity index (χ1n) is 9.45. The largest absolute Gasteiger partial charge is 0.508 e. The molecule has 0 radical (unpaired) electrons. The molecule has 1 aliphatic heterocycles. The average Bonchev–Trinajstić information content (AvgIpc) is 2.63. The SMILES string of the molecule is CN1CC[C@@]2(c3cccc(O)c3)CC(Nc3ccccc3)CC[C@@H]2C1. The zero-order valence-corrected chi connectivity index (χ0v) is 15.0. The second kappa shape index (κ2) is 6.72. The third-order valence-electron chi connectivity index (χ3n) is 6.29. The quantitative estimate of drug-likeness (QED) is 0.880. The predicted octanol–water partition coefficient (Wildman–Crippen LogP) is 4.25. The highest BCUT2D eigenvalue weighted by Gasteiger charge is 2.47. The van der Waals surface area contributed by atoms with E-state index in [4.69, 9.17) is 0 Å². The lowest BCUT2D eigenvalue weighted by Crippen LogP contribution is -2.53. The molecule has 1 aliphatic carbocycles. The van der Waals surface area contributed by atoms with E-state index < -0.39 is 0 Å². The van der Waals surface area contributed by atoms with Crippen molar-refractivity contribution in [3.8, 4) is 5.75 Å². The number of anilines is 1. The van der Waals surface area contributed by atoms with Gasteiger partial charge < -0.3 is 15.3 Å². The number of para-hydroxylation sites is 1. The van der Waals surface area contributed by atoms with Gasteiger partial charge >= 0.3 is 0 Å². The molecule has 1 unspecified atom stereocenters. The number of piperidine rings is 1. The number of nitrogens with zero attached hydrogens (tertiary/aromatic N) is 1. The lowest BCUT2D eigenvalue weighted by molar-refractivity contribution is 0.0657. The van der Waals surface area contributed by atoms with Gasteiger partial charge in [0.05, 0.1) is 0 Å². The summed E-state index contributed by atoms with van der Waals surface area (Å²) in [6.07, 6.45) is 4.77. The van der Waals surface area contributed by atoms with Crippen LogP contribution in [0.1, 0.15) is 31.2 Å². The van der Waals surface area contributed by atoms with Gasteiger partial charge in [0.1, 0.15) is 5.75 Å². The minimum atomic E-state index is 0.177. The standard InChI is InChI=1S/C22H28N2O/c1-24-13-12-22(17-6-5-9-21(25)14-17)15-20(11-10-18(22)16-24)23-19-7-3-2-4-8-19/h2-9,14,18,20,23,25H,10-13,15-16H2,1H3/t18-,20?,22+/m1/s1. The first-order valence-corrected chi connectivity index (χ1v) is 9.45. The van der Waals surface area contributed by atoms with Crippen molar-refractivity contribution in [2.75, 3.05) is 25.5 Å². The fourth-order valence-electron chi connectivity index (χ4n) is 5.02. The minimum absolute atomic E-state index is 0.177. The average molecular weight is 336 g/mol. The van der Waals surface area contributed by atoms with E-state index in [0.717, 1.165) is 19.5 Å². The zero-order chi connectivity index (χ0) is 17.3. The lowest BCUT2D eigenvalue weighted by atomic mass is 9.58. The Morgan fingerprint density at radius 2 is 1.92 bits per heavy atom. The number of fused-ring (bicyclic) bond motifs is 1. The molecule has 1 saturated heterocycles. The Morgan fingerprint density at radius 1 is 1.08 bits per heavy atom. The van der Waals surface area contributed by atoms with E-state index in [9.17, 15) is 5.11 Å². The molecule has 0 spiro atoms. The summed E-state index contributed by atoms with van der Waals surface area (Å²) in [4.78, 5) is 2.47. The summed E-state index contributed by atoms with van der Waals surface area (Å²) < 4.78 is 0. The van der Waals surface area contributed by atoms with Crippen LogP contribution in [0.15, 0.2) is 54.6 Å². The third kappa shape index (κ3) is 3.25. The smallest absolute Gasteiger partial charge is 0.115 e. The third-order valence-corrected chi connectivity index (χ3v) is 6.29. The van der Waals surface area contributed by atoms with Gasteiger partial charge in [-0.1, -0.05) is 30.3 Å². The molecule has 2 aliphatic rings. The molecule has 2 aromatic rings. The van der Waals surface area contributed by atoms with Crippen molar-refractivity contribution in [1.82, 2.24) is 4.90 Å². The van der Waals surface area contributed by atoms with Crippen LogP contribution in [0.25, 0.3) is 0 Å². The topological polar surface area (TPSA) is 35.5 Å². The van der Waals surface area contributed by atoms with Crippen LogP contribution in [0.4, 0.5) is 5.69 Å². The van der Waals surface area contributed by atoms with Gasteiger partial charge in [-0.3, -0.25) is 0 Å². The molecule has 1 heterocycles. The van der Waals surface area contributed by atoms with Gasteiger partial charge in [0.2, 0.25) is 0 Å². The molecule has 3 atom stereocenters. The highest BCUT2D eigenvalue weighted by molar-refractivity contribution is 5.44. The summed E-state index contributed by atoms with van der Waals surface area (Å²) in [5.41, 5.74) is 2.71. The summed E-state index contributed by atoms with van der Waals surface area (Å²) >= 11 is 0. The molecule has 25 heavy (non-hydrogen) atoms. The molecule has 0 aromatic heterocycles. The second-order valence-electron chi connectivity index (χ2n) is 7.90. The highest BCUT2D eigenvalue weighted by Crippen LogP contribution is 2.49. The van der Waals surface area contributed by atoms with Crippen LogP contribution >= 0.6 is 0 Å². The normalized spacial score (nSPS) is 29.8. The lowest BCUT2D eigenvalue weighted by Gasteiger charge is -2.52. The summed E-state index contributed by atoms with van der Waals surface area (Å²) in [6.45, 7) is 2.29. The molecule has 0 bridgehead atoms. The highest BCUT2D eigenvalue weighted by atomic mass is 16.3. The number of aromatic hydroxyl groups is 1. The first kappa shape index (κ1) is 16.5. The molecule has 2 fully saturated rings. The number of hydrogen-bond donors (Lipinski definition) is 2. The van der Waals surface area contributed by atoms with Crippen molar-refractivity contribution >= 4 is 5.69 Å². The summed E-state index contributed by atoms with van der Waals surface area (Å²) in [7, 11) is 2.24. The summed E-state index contributed by atoms with van der Waals surface area (Å²) in [6, 6.07) is 19.1. The van der Waals surface area contributed by atoms with Gasteiger partial charge in [-0.25, -0.2) is 0 Å². The first-order chi connectivity index (χ1) is 12.2. The van der Waals surface area contributed by atoms with Gasteiger partial charge in [-0.05, 0) is 75.0 Å². The molecule has 0 amide bonds. The van der Waals surface area contributed by atoms with Crippen molar-refractivity contribution < 1.29 is 5.11 Å². The zero-order valence-electron chi connectivity index (χ0n) is 15.0. The van der Waals surface area contributed by atoms with Crippen molar-refractivity contribution in [2.24, 2.45) is 5.92 Å². The van der Waals surface area contributed by atoms with Crippen LogP contribution in [0.2, 0.25) is 0 Å². The molecule has 3 nitrogen and oxygen atoms in total. The Hall–Kier alpha value is -2.00. The van der Waals surface area contributed by atoms with Crippen LogP contribution in [0.3, 0.4) is 0 Å². The van der Waals surface area contributed by atoms with E-state index in [1.54, 1.807) is 6.07 Å². The van der Waals surface area contributed by atoms with E-state index >= 15 is 0 Å². The van der Waals surface area contributed by atoms with Crippen LogP contribution in [0.5, 0.6) is 5.75 Å². The van der Waals surface area contributed by atoms with Gasteiger partial charge in [0, 0.05) is 23.7 Å². The predicted molar refractivity (Wildman–Crippen MR) is 103 cm³/mol. The van der Waals surface area contributed by atoms with Gasteiger partial charge in [0.25, 0.3) is 0 Å². The fourth-order valence-corrected chi connectivity index (χ4v) is 5.02. The molecule has 1 saturated carbocycles. The van der Waals surface area contributed by atoms with E-state index in [2.05, 4.69) is 53.7 Å². The van der Waals surface area contributed by atoms with Crippen molar-refractivity contribution in [2.45, 2.75) is 37.1 Å². The fraction of sp³-hybridized carbons (Fsp3) is 0.455. The number of likely N-dealkylation sites (tertiary alicyclic amines) is 1. The van der Waals surface area contributed by atoms with Crippen molar-refractivity contribution in [3.63, 3.8) is 0 Å². The Bertz CT molecular complexity index is 717. The van der Waals surface area contributed by atoms with Gasteiger partial charge in [-0.15, -0.1) is 0 Å². The van der Waals surface area contributed by atoms with E-state index in [1.807, 2.05) is 12.1 Å². The molecular weight excluding hydrogens is 308 g/mol. The van der Waals surface area contributed by atoms with Gasteiger partial charge in [-0.2, -0.15) is 0 Å². The second-order valence-corrected chi connectivity index (χ2v) is 7.90. The number of phenolic OH excluding ortho intramolecular Hbond substituents is 1. The number of phenols is 1. The number of nitrogens with one attached hydrogen (secondary N) is 1. The summed E-state index contributed by atoms with van der Waals surface area (Å²) in [5.74, 6) is 1.06. The molecular formula is C22H28N2O. The number of rotatable bonds is 3. The molecule has 3 heteroatoms. The van der Waals surface area contributed by atoms with Crippen LogP contribution in [-0.4, -0.2) is 36.2 Å². The van der Waals surface area contributed by atoms with Crippen LogP contribution < -0.4 is 5.32 Å². The maximum atomic E-state index is 10.1. The molecule has 2 aromatic carbocycles. The Balaban J connectivity index is 1.63. The molecule has 2 N–H and O–H groups in total.